The van der Waals surface area contributed by atoms with Crippen LogP contribution in [0.25, 0.3) is 0 Å². The zero-order chi connectivity index (χ0) is 17.8. The number of hydrogen-bond acceptors (Lipinski definition) is 4. The Hall–Kier alpha value is -2.04. The normalized spacial score (nSPS) is 12.1. The second kappa shape index (κ2) is 7.24. The van der Waals surface area contributed by atoms with Gasteiger partial charge in [0.15, 0.2) is 0 Å². The van der Waals surface area contributed by atoms with E-state index in [4.69, 9.17) is 0 Å². The monoisotopic (exact) mass is 376 g/mol. The quantitative estimate of drug-likeness (QED) is 0.769. The van der Waals surface area contributed by atoms with Gasteiger partial charge in [-0.25, -0.2) is 30.3 Å². The van der Waals surface area contributed by atoms with Crippen LogP contribution in [0.1, 0.15) is 0 Å². The number of halogens is 2. The predicted molar refractivity (Wildman–Crippen MR) is 85.4 cm³/mol. The molecule has 0 aliphatic heterocycles. The molecular formula is C14H14F2N2O4S2. The summed E-state index contributed by atoms with van der Waals surface area (Å²) in [6.07, 6.45) is 0. The van der Waals surface area contributed by atoms with E-state index in [1.165, 1.54) is 24.3 Å². The summed E-state index contributed by atoms with van der Waals surface area (Å²) in [5.74, 6) is -2.52. The third kappa shape index (κ3) is 4.98. The number of nitrogens with one attached hydrogen (secondary N) is 2. The molecule has 2 aromatic carbocycles. The second-order valence-corrected chi connectivity index (χ2v) is 8.36. The third-order valence-corrected chi connectivity index (χ3v) is 5.66. The van der Waals surface area contributed by atoms with E-state index in [1.807, 2.05) is 4.72 Å². The summed E-state index contributed by atoms with van der Waals surface area (Å²) in [5, 5.41) is 0. The Morgan fingerprint density at radius 2 is 1.58 bits per heavy atom. The van der Waals surface area contributed by atoms with Crippen molar-refractivity contribution >= 4 is 25.7 Å². The fraction of sp³-hybridized carbons (Fsp3) is 0.143. The highest BCUT2D eigenvalue weighted by Gasteiger charge is 2.17. The van der Waals surface area contributed by atoms with Crippen LogP contribution in [0.15, 0.2) is 53.4 Å². The van der Waals surface area contributed by atoms with Crippen LogP contribution >= 0.6 is 0 Å². The van der Waals surface area contributed by atoms with Gasteiger partial charge in [0.25, 0.3) is 0 Å². The maximum absolute atomic E-state index is 13.4. The van der Waals surface area contributed by atoms with Crippen LogP contribution in [0, 0.1) is 11.6 Å². The van der Waals surface area contributed by atoms with Gasteiger partial charge in [-0.3, -0.25) is 4.72 Å². The minimum Gasteiger partial charge on any atom is -0.281 e. The second-order valence-electron chi connectivity index (χ2n) is 4.76. The molecule has 2 rings (SSSR count). The molecule has 0 bridgehead atoms. The summed E-state index contributed by atoms with van der Waals surface area (Å²) in [6.45, 7) is -0.407. The lowest BCUT2D eigenvalue weighted by molar-refractivity contribution is 0.578. The fourth-order valence-electron chi connectivity index (χ4n) is 1.78. The van der Waals surface area contributed by atoms with Gasteiger partial charge in [0.2, 0.25) is 20.0 Å². The van der Waals surface area contributed by atoms with Crippen molar-refractivity contribution in [3.05, 3.63) is 60.2 Å². The van der Waals surface area contributed by atoms with Crippen LogP contribution < -0.4 is 9.44 Å². The summed E-state index contributed by atoms with van der Waals surface area (Å²) in [6, 6.07) is 9.82. The van der Waals surface area contributed by atoms with Gasteiger partial charge in [0.05, 0.1) is 16.3 Å². The van der Waals surface area contributed by atoms with E-state index in [0.29, 0.717) is 6.07 Å². The highest BCUT2D eigenvalue weighted by atomic mass is 32.2. The molecule has 0 saturated carbocycles. The van der Waals surface area contributed by atoms with E-state index in [1.54, 1.807) is 6.07 Å². The number of benzene rings is 2. The van der Waals surface area contributed by atoms with Gasteiger partial charge < -0.3 is 0 Å². The van der Waals surface area contributed by atoms with Crippen LogP contribution in [0.2, 0.25) is 0 Å². The number of hydrogen-bond donors (Lipinski definition) is 2. The van der Waals surface area contributed by atoms with E-state index in [0.717, 1.165) is 12.1 Å². The Morgan fingerprint density at radius 1 is 0.917 bits per heavy atom. The Kier molecular flexibility index (Phi) is 5.52. The molecule has 0 radical (unpaired) electrons. The van der Waals surface area contributed by atoms with Crippen LogP contribution in [0.5, 0.6) is 0 Å². The molecule has 2 N–H and O–H groups in total. The van der Waals surface area contributed by atoms with Gasteiger partial charge in [0, 0.05) is 12.6 Å². The molecule has 0 aromatic heterocycles. The van der Waals surface area contributed by atoms with Gasteiger partial charge in [-0.2, -0.15) is 0 Å². The van der Waals surface area contributed by atoms with Gasteiger partial charge >= 0.3 is 0 Å². The number of sulfonamides is 2. The smallest absolute Gasteiger partial charge is 0.240 e. The molecule has 0 amide bonds. The summed E-state index contributed by atoms with van der Waals surface area (Å²) in [5.41, 5.74) is -0.415. The van der Waals surface area contributed by atoms with Gasteiger partial charge in [-0.05, 0) is 24.3 Å². The lowest BCUT2D eigenvalue weighted by Crippen LogP contribution is -2.31. The Balaban J connectivity index is 1.98. The lowest BCUT2D eigenvalue weighted by Gasteiger charge is -2.10. The van der Waals surface area contributed by atoms with E-state index in [-0.39, 0.29) is 4.90 Å². The van der Waals surface area contributed by atoms with Crippen LogP contribution in [-0.2, 0) is 20.0 Å². The third-order valence-electron chi connectivity index (χ3n) is 2.91. The summed E-state index contributed by atoms with van der Waals surface area (Å²) in [4.78, 5) is -0.0000591. The van der Waals surface area contributed by atoms with Crippen LogP contribution in [0.4, 0.5) is 14.5 Å². The molecule has 0 fully saturated rings. The average molecular weight is 376 g/mol. The predicted octanol–water partition coefficient (Wildman–Crippen LogP) is 1.68. The SMILES string of the molecule is O=S(=O)(CCNS(=O)(=O)c1ccccc1)Nc1ccc(F)cc1F. The summed E-state index contributed by atoms with van der Waals surface area (Å²) >= 11 is 0. The largest absolute Gasteiger partial charge is 0.281 e. The maximum Gasteiger partial charge on any atom is 0.240 e. The molecule has 0 unspecified atom stereocenters. The Labute approximate surface area is 138 Å². The molecule has 0 saturated heterocycles. The Morgan fingerprint density at radius 3 is 2.21 bits per heavy atom. The molecular weight excluding hydrogens is 362 g/mol. The molecule has 0 spiro atoms. The zero-order valence-electron chi connectivity index (χ0n) is 12.2. The van der Waals surface area contributed by atoms with Crippen molar-refractivity contribution in [1.29, 1.82) is 0 Å². The van der Waals surface area contributed by atoms with Gasteiger partial charge in [-0.15, -0.1) is 0 Å². The van der Waals surface area contributed by atoms with E-state index in [2.05, 4.69) is 4.72 Å². The van der Waals surface area contributed by atoms with Crippen molar-refractivity contribution < 1.29 is 25.6 Å². The highest BCUT2D eigenvalue weighted by molar-refractivity contribution is 7.92. The van der Waals surface area contributed by atoms with E-state index in [9.17, 15) is 25.6 Å². The maximum atomic E-state index is 13.4. The van der Waals surface area contributed by atoms with Crippen molar-refractivity contribution in [2.24, 2.45) is 0 Å². The van der Waals surface area contributed by atoms with Gasteiger partial charge in [-0.1, -0.05) is 18.2 Å². The van der Waals surface area contributed by atoms with E-state index >= 15 is 0 Å². The molecule has 2 aromatic rings. The van der Waals surface area contributed by atoms with Gasteiger partial charge in [0.1, 0.15) is 11.6 Å². The standard InChI is InChI=1S/C14H14F2N2O4S2/c15-11-6-7-14(13(16)10-11)18-23(19,20)9-8-17-24(21,22)12-4-2-1-3-5-12/h1-7,10,17-18H,8-9H2. The number of anilines is 1. The molecule has 130 valence electrons. The molecule has 0 atom stereocenters. The summed E-state index contributed by atoms with van der Waals surface area (Å²) in [7, 11) is -7.85. The van der Waals surface area contributed by atoms with Crippen molar-refractivity contribution in [3.8, 4) is 0 Å². The molecule has 10 heteroatoms. The molecule has 0 aliphatic rings. The first-order chi connectivity index (χ1) is 11.2. The van der Waals surface area contributed by atoms with Crippen LogP contribution in [-0.4, -0.2) is 29.1 Å². The minimum absolute atomic E-state index is 0.0000591. The van der Waals surface area contributed by atoms with Crippen molar-refractivity contribution in [1.82, 2.24) is 4.72 Å². The van der Waals surface area contributed by atoms with Crippen LogP contribution in [0.3, 0.4) is 0 Å². The first-order valence-corrected chi connectivity index (χ1v) is 9.83. The fourth-order valence-corrected chi connectivity index (χ4v) is 3.94. The van der Waals surface area contributed by atoms with Crippen molar-refractivity contribution in [2.75, 3.05) is 17.0 Å². The highest BCUT2D eigenvalue weighted by Crippen LogP contribution is 2.16. The zero-order valence-corrected chi connectivity index (χ0v) is 13.9. The minimum atomic E-state index is -4.01. The first kappa shape index (κ1) is 18.3. The van der Waals surface area contributed by atoms with Crippen molar-refractivity contribution in [3.63, 3.8) is 0 Å². The van der Waals surface area contributed by atoms with E-state index < -0.39 is 49.7 Å². The Bertz CT molecular complexity index is 917. The molecule has 0 heterocycles. The summed E-state index contributed by atoms with van der Waals surface area (Å²) < 4.78 is 77.9. The topological polar surface area (TPSA) is 92.3 Å². The molecule has 6 nitrogen and oxygen atoms in total. The molecule has 24 heavy (non-hydrogen) atoms. The average Bonchev–Trinajstić information content (AvgIpc) is 2.50. The van der Waals surface area contributed by atoms with Crippen molar-refractivity contribution in [2.45, 2.75) is 4.90 Å². The molecule has 0 aliphatic carbocycles. The number of rotatable bonds is 7. The first-order valence-electron chi connectivity index (χ1n) is 6.70. The lowest BCUT2D eigenvalue weighted by atomic mass is 10.3.